The van der Waals surface area contributed by atoms with Crippen molar-refractivity contribution in [3.63, 3.8) is 0 Å². The maximum Gasteiger partial charge on any atom is 0.279 e. The van der Waals surface area contributed by atoms with E-state index in [4.69, 9.17) is 0 Å². The van der Waals surface area contributed by atoms with Crippen LogP contribution in [-0.4, -0.2) is 44.4 Å². The van der Waals surface area contributed by atoms with Crippen molar-refractivity contribution in [3.05, 3.63) is 0 Å². The molecule has 6 heteroatoms. The molecule has 0 amide bonds. The summed E-state index contributed by atoms with van der Waals surface area (Å²) in [5.74, 6) is 0.953. The molecule has 5 nitrogen and oxygen atoms in total. The van der Waals surface area contributed by atoms with E-state index in [0.717, 1.165) is 31.8 Å². The van der Waals surface area contributed by atoms with Gasteiger partial charge in [-0.05, 0) is 50.5 Å². The minimum Gasteiger partial charge on any atom is -0.314 e. The highest BCUT2D eigenvalue weighted by Gasteiger charge is 2.30. The monoisotopic (exact) mass is 317 g/mol. The Kier molecular flexibility index (Phi) is 6.05. The first kappa shape index (κ1) is 17.2. The van der Waals surface area contributed by atoms with Crippen molar-refractivity contribution in [1.82, 2.24) is 14.3 Å². The van der Waals surface area contributed by atoms with E-state index in [1.807, 2.05) is 6.92 Å². The van der Waals surface area contributed by atoms with E-state index >= 15 is 0 Å². The Morgan fingerprint density at radius 1 is 1.14 bits per heavy atom. The molecule has 1 unspecified atom stereocenters. The Morgan fingerprint density at radius 2 is 1.76 bits per heavy atom. The van der Waals surface area contributed by atoms with Gasteiger partial charge in [-0.2, -0.15) is 17.4 Å². The third-order valence-electron chi connectivity index (χ3n) is 4.73. The van der Waals surface area contributed by atoms with Crippen molar-refractivity contribution in [1.29, 1.82) is 0 Å². The molecule has 2 fully saturated rings. The topological polar surface area (TPSA) is 61.4 Å². The first-order chi connectivity index (χ1) is 9.92. The van der Waals surface area contributed by atoms with Crippen LogP contribution in [0.25, 0.3) is 0 Å². The van der Waals surface area contributed by atoms with Gasteiger partial charge in [-0.25, -0.2) is 0 Å². The average Bonchev–Trinajstić information content (AvgIpc) is 3.27. The van der Waals surface area contributed by atoms with Gasteiger partial charge in [-0.15, -0.1) is 0 Å². The van der Waals surface area contributed by atoms with Gasteiger partial charge in [0.05, 0.1) is 0 Å². The van der Waals surface area contributed by atoms with Gasteiger partial charge >= 0.3 is 0 Å². The van der Waals surface area contributed by atoms with Gasteiger partial charge in [-0.3, -0.25) is 0 Å². The van der Waals surface area contributed by atoms with Crippen molar-refractivity contribution in [3.8, 4) is 0 Å². The fourth-order valence-electron chi connectivity index (χ4n) is 2.93. The lowest BCUT2D eigenvalue weighted by atomic mass is 9.98. The molecule has 2 aliphatic rings. The summed E-state index contributed by atoms with van der Waals surface area (Å²) >= 11 is 0. The Bertz CT molecular complexity index is 413. The van der Waals surface area contributed by atoms with Gasteiger partial charge in [0.1, 0.15) is 0 Å². The highest BCUT2D eigenvalue weighted by atomic mass is 32.2. The van der Waals surface area contributed by atoms with E-state index in [9.17, 15) is 8.42 Å². The van der Waals surface area contributed by atoms with Gasteiger partial charge in [0, 0.05) is 25.2 Å². The van der Waals surface area contributed by atoms with Gasteiger partial charge in [0.2, 0.25) is 0 Å². The maximum absolute atomic E-state index is 12.4. The third kappa shape index (κ3) is 5.20. The Hall–Kier alpha value is -0.170. The predicted octanol–water partition coefficient (Wildman–Crippen LogP) is 1.72. The number of rotatable bonds is 8. The first-order valence-electron chi connectivity index (χ1n) is 8.43. The van der Waals surface area contributed by atoms with Gasteiger partial charge < -0.3 is 5.32 Å². The van der Waals surface area contributed by atoms with E-state index in [0.29, 0.717) is 24.9 Å². The second-order valence-electron chi connectivity index (χ2n) is 6.91. The summed E-state index contributed by atoms with van der Waals surface area (Å²) in [6.07, 6.45) is 5.40. The molecule has 1 aliphatic heterocycles. The Balaban J connectivity index is 1.79. The summed E-state index contributed by atoms with van der Waals surface area (Å²) in [7, 11) is -3.32. The van der Waals surface area contributed by atoms with Crippen molar-refractivity contribution in [2.45, 2.75) is 65.0 Å². The Morgan fingerprint density at radius 3 is 2.24 bits per heavy atom. The molecule has 21 heavy (non-hydrogen) atoms. The largest absolute Gasteiger partial charge is 0.314 e. The molecule has 2 N–H and O–H groups in total. The molecular weight excluding hydrogens is 286 g/mol. The quantitative estimate of drug-likeness (QED) is 0.716. The zero-order valence-electron chi connectivity index (χ0n) is 13.6. The molecular formula is C15H31N3O2S. The fourth-order valence-corrected chi connectivity index (χ4v) is 4.59. The molecule has 1 heterocycles. The molecule has 0 aromatic rings. The summed E-state index contributed by atoms with van der Waals surface area (Å²) in [6, 6.07) is 0.772. The highest BCUT2D eigenvalue weighted by Crippen LogP contribution is 2.23. The lowest BCUT2D eigenvalue weighted by molar-refractivity contribution is 0.261. The second kappa shape index (κ2) is 7.40. The summed E-state index contributed by atoms with van der Waals surface area (Å²) in [6.45, 7) is 8.51. The van der Waals surface area contributed by atoms with Gasteiger partial charge in [0.25, 0.3) is 10.2 Å². The minimum atomic E-state index is -3.32. The van der Waals surface area contributed by atoms with Crippen LogP contribution in [0.3, 0.4) is 0 Å². The standard InChI is InChI=1S/C15H31N3O2S/c1-4-15(12(2)3)17-21(19,20)18-9-7-13(8-10-18)11-16-14-5-6-14/h12-17H,4-11H2,1-3H3. The van der Waals surface area contributed by atoms with Gasteiger partial charge in [0.15, 0.2) is 0 Å². The molecule has 0 spiro atoms. The molecule has 1 atom stereocenters. The zero-order chi connectivity index (χ0) is 15.5. The molecule has 0 bridgehead atoms. The SMILES string of the molecule is CCC(NS(=O)(=O)N1CCC(CNC2CC2)CC1)C(C)C. The lowest BCUT2D eigenvalue weighted by Gasteiger charge is -2.33. The highest BCUT2D eigenvalue weighted by molar-refractivity contribution is 7.87. The molecule has 1 saturated heterocycles. The average molecular weight is 317 g/mol. The van der Waals surface area contributed by atoms with Crippen LogP contribution in [0.5, 0.6) is 0 Å². The number of hydrogen-bond donors (Lipinski definition) is 2. The first-order valence-corrected chi connectivity index (χ1v) is 9.87. The van der Waals surface area contributed by atoms with E-state index in [2.05, 4.69) is 23.9 Å². The number of hydrogen-bond acceptors (Lipinski definition) is 3. The van der Waals surface area contributed by atoms with Gasteiger partial charge in [-0.1, -0.05) is 20.8 Å². The summed E-state index contributed by atoms with van der Waals surface area (Å²) in [5.41, 5.74) is 0. The van der Waals surface area contributed by atoms with Crippen molar-refractivity contribution in [2.75, 3.05) is 19.6 Å². The molecule has 1 aliphatic carbocycles. The molecule has 0 aromatic carbocycles. The summed E-state index contributed by atoms with van der Waals surface area (Å²) in [5, 5.41) is 3.55. The Labute approximate surface area is 130 Å². The van der Waals surface area contributed by atoms with Crippen LogP contribution >= 0.6 is 0 Å². The number of nitrogens with one attached hydrogen (secondary N) is 2. The van der Waals surface area contributed by atoms with Crippen molar-refractivity contribution < 1.29 is 8.42 Å². The smallest absolute Gasteiger partial charge is 0.279 e. The van der Waals surface area contributed by atoms with Crippen molar-refractivity contribution >= 4 is 10.2 Å². The molecule has 2 rings (SSSR count). The fraction of sp³-hybridized carbons (Fsp3) is 1.00. The van der Waals surface area contributed by atoms with E-state index in [1.54, 1.807) is 4.31 Å². The number of nitrogens with zero attached hydrogens (tertiary/aromatic N) is 1. The predicted molar refractivity (Wildman–Crippen MR) is 86.3 cm³/mol. The van der Waals surface area contributed by atoms with Crippen LogP contribution in [0.1, 0.15) is 52.9 Å². The maximum atomic E-state index is 12.4. The van der Waals surface area contributed by atoms with Crippen LogP contribution in [0.2, 0.25) is 0 Å². The molecule has 0 radical (unpaired) electrons. The minimum absolute atomic E-state index is 0.0317. The van der Waals surface area contributed by atoms with Crippen LogP contribution < -0.4 is 10.0 Å². The van der Waals surface area contributed by atoms with E-state index in [1.165, 1.54) is 12.8 Å². The van der Waals surface area contributed by atoms with E-state index < -0.39 is 10.2 Å². The normalized spacial score (nSPS) is 23.6. The lowest BCUT2D eigenvalue weighted by Crippen LogP contribution is -2.50. The summed E-state index contributed by atoms with van der Waals surface area (Å²) < 4.78 is 29.4. The van der Waals surface area contributed by atoms with Crippen LogP contribution in [-0.2, 0) is 10.2 Å². The molecule has 124 valence electrons. The van der Waals surface area contributed by atoms with Crippen LogP contribution in [0.15, 0.2) is 0 Å². The van der Waals surface area contributed by atoms with E-state index in [-0.39, 0.29) is 6.04 Å². The third-order valence-corrected chi connectivity index (χ3v) is 6.38. The number of piperidine rings is 1. The van der Waals surface area contributed by atoms with Crippen molar-refractivity contribution in [2.24, 2.45) is 11.8 Å². The summed E-state index contributed by atoms with van der Waals surface area (Å²) in [4.78, 5) is 0. The zero-order valence-corrected chi connectivity index (χ0v) is 14.5. The molecule has 0 aromatic heterocycles. The second-order valence-corrected chi connectivity index (χ2v) is 8.61. The van der Waals surface area contributed by atoms with Crippen LogP contribution in [0.4, 0.5) is 0 Å². The molecule has 1 saturated carbocycles. The van der Waals surface area contributed by atoms with Crippen LogP contribution in [0, 0.1) is 11.8 Å².